The Labute approximate surface area is 149 Å². The average Bonchev–Trinajstić information content (AvgIpc) is 2.90. The van der Waals surface area contributed by atoms with Crippen molar-refractivity contribution < 1.29 is 23.6 Å². The summed E-state index contributed by atoms with van der Waals surface area (Å²) in [5.74, 6) is -3.93. The normalized spacial score (nSPS) is 22.8. The van der Waals surface area contributed by atoms with Crippen LogP contribution in [0.4, 0.5) is 4.39 Å². The van der Waals surface area contributed by atoms with Gasteiger partial charge in [0, 0.05) is 0 Å². The maximum absolute atomic E-state index is 13.6. The van der Waals surface area contributed by atoms with Crippen molar-refractivity contribution in [3.05, 3.63) is 47.8 Å². The molecular formula is C18H18FN3O4. The molecule has 0 unspecified atom stereocenters. The number of halogens is 1. The van der Waals surface area contributed by atoms with Gasteiger partial charge in [-0.1, -0.05) is 24.3 Å². The van der Waals surface area contributed by atoms with Crippen molar-refractivity contribution >= 4 is 23.6 Å². The number of hydrogen-bond acceptors (Lipinski definition) is 4. The molecule has 1 fully saturated rings. The number of likely N-dealkylation sites (tertiary alicyclic amines) is 1. The van der Waals surface area contributed by atoms with E-state index in [1.807, 2.05) is 12.2 Å². The van der Waals surface area contributed by atoms with Crippen molar-refractivity contribution in [2.45, 2.75) is 25.8 Å². The monoisotopic (exact) mass is 359 g/mol. The van der Waals surface area contributed by atoms with E-state index in [0.29, 0.717) is 12.8 Å². The van der Waals surface area contributed by atoms with Gasteiger partial charge < -0.3 is 0 Å². The van der Waals surface area contributed by atoms with Crippen molar-refractivity contribution in [2.75, 3.05) is 0 Å². The number of carbonyl (C=O) groups is 4. The van der Waals surface area contributed by atoms with Crippen molar-refractivity contribution in [2.24, 2.45) is 11.8 Å². The van der Waals surface area contributed by atoms with E-state index in [4.69, 9.17) is 0 Å². The molecule has 0 spiro atoms. The minimum absolute atomic E-state index is 0.231. The maximum atomic E-state index is 13.6. The molecule has 7 nitrogen and oxygen atoms in total. The summed E-state index contributed by atoms with van der Waals surface area (Å²) in [6, 6.07) is 4.23. The Kier molecular flexibility index (Phi) is 4.83. The van der Waals surface area contributed by atoms with Crippen LogP contribution in [0.5, 0.6) is 0 Å². The number of fused-ring (bicyclic) bond motifs is 1. The highest BCUT2D eigenvalue weighted by molar-refractivity contribution is 6.08. The highest BCUT2D eigenvalue weighted by Gasteiger charge is 2.50. The van der Waals surface area contributed by atoms with E-state index in [1.165, 1.54) is 25.1 Å². The number of hydrazine groups is 1. The summed E-state index contributed by atoms with van der Waals surface area (Å²) in [5, 5.41) is 0. The summed E-state index contributed by atoms with van der Waals surface area (Å²) < 4.78 is 13.6. The van der Waals surface area contributed by atoms with Crippen LogP contribution < -0.4 is 10.9 Å². The number of allylic oxidation sites excluding steroid dienone is 2. The van der Waals surface area contributed by atoms with Gasteiger partial charge >= 0.3 is 0 Å². The summed E-state index contributed by atoms with van der Waals surface area (Å²) in [7, 11) is 0. The number of hydrogen-bond donors (Lipinski definition) is 2. The van der Waals surface area contributed by atoms with Crippen LogP contribution in [0.1, 0.15) is 30.1 Å². The first kappa shape index (κ1) is 17.8. The molecule has 0 radical (unpaired) electrons. The molecule has 0 bridgehead atoms. The summed E-state index contributed by atoms with van der Waals surface area (Å²) in [6.45, 7) is 1.41. The molecule has 0 saturated carbocycles. The quantitative estimate of drug-likeness (QED) is 0.477. The lowest BCUT2D eigenvalue weighted by Gasteiger charge is -2.22. The van der Waals surface area contributed by atoms with Gasteiger partial charge in [0.1, 0.15) is 11.9 Å². The standard InChI is InChI=1S/C18H18FN3O4/c1-10(22-17(25)11-6-2-3-7-12(11)18(22)26)15(23)20-21-16(24)13-8-4-5-9-14(13)19/h2-5,8-12H,6-7H2,1H3,(H,20,23)(H,21,24)/t10-,11-,12+/m0/s1. The molecule has 1 aliphatic heterocycles. The van der Waals surface area contributed by atoms with Gasteiger partial charge in [0.25, 0.3) is 11.8 Å². The van der Waals surface area contributed by atoms with Gasteiger partial charge in [-0.2, -0.15) is 0 Å². The van der Waals surface area contributed by atoms with E-state index >= 15 is 0 Å². The summed E-state index contributed by atoms with van der Waals surface area (Å²) in [5.41, 5.74) is 4.01. The van der Waals surface area contributed by atoms with Crippen LogP contribution in [-0.2, 0) is 14.4 Å². The van der Waals surface area contributed by atoms with Gasteiger partial charge in [-0.25, -0.2) is 4.39 Å². The number of nitrogens with zero attached hydrogens (tertiary/aromatic N) is 1. The third-order valence-corrected chi connectivity index (χ3v) is 4.73. The van der Waals surface area contributed by atoms with E-state index in [9.17, 15) is 23.6 Å². The van der Waals surface area contributed by atoms with E-state index in [-0.39, 0.29) is 17.4 Å². The number of nitrogens with one attached hydrogen (secondary N) is 2. The predicted octanol–water partition coefficient (Wildman–Crippen LogP) is 0.926. The molecule has 4 amide bonds. The van der Waals surface area contributed by atoms with Crippen molar-refractivity contribution in [1.82, 2.24) is 15.8 Å². The lowest BCUT2D eigenvalue weighted by atomic mass is 9.85. The number of rotatable bonds is 3. The van der Waals surface area contributed by atoms with Crippen LogP contribution in [0.25, 0.3) is 0 Å². The van der Waals surface area contributed by atoms with Gasteiger partial charge in [0.05, 0.1) is 17.4 Å². The van der Waals surface area contributed by atoms with Crippen LogP contribution >= 0.6 is 0 Å². The van der Waals surface area contributed by atoms with Crippen LogP contribution in [0.3, 0.4) is 0 Å². The molecule has 1 heterocycles. The lowest BCUT2D eigenvalue weighted by molar-refractivity contribution is -0.147. The highest BCUT2D eigenvalue weighted by Crippen LogP contribution is 2.35. The first-order chi connectivity index (χ1) is 12.4. The zero-order valence-electron chi connectivity index (χ0n) is 14.1. The molecular weight excluding hydrogens is 341 g/mol. The SMILES string of the molecule is C[C@@H](C(=O)NNC(=O)c1ccccc1F)N1C(=O)[C@H]2CC=CC[C@H]2C1=O. The Morgan fingerprint density at radius 2 is 1.65 bits per heavy atom. The van der Waals surface area contributed by atoms with Crippen LogP contribution in [0.15, 0.2) is 36.4 Å². The van der Waals surface area contributed by atoms with Crippen LogP contribution in [0, 0.1) is 17.7 Å². The molecule has 3 atom stereocenters. The zero-order chi connectivity index (χ0) is 18.8. The Bertz CT molecular complexity index is 781. The van der Waals surface area contributed by atoms with E-state index in [1.54, 1.807) is 0 Å². The molecule has 8 heteroatoms. The van der Waals surface area contributed by atoms with Gasteiger partial charge in [0.15, 0.2) is 0 Å². The second kappa shape index (κ2) is 7.07. The fourth-order valence-electron chi connectivity index (χ4n) is 3.26. The molecule has 136 valence electrons. The molecule has 3 rings (SSSR count). The molecule has 26 heavy (non-hydrogen) atoms. The molecule has 1 aromatic rings. The Morgan fingerprint density at radius 3 is 2.23 bits per heavy atom. The fourth-order valence-corrected chi connectivity index (χ4v) is 3.26. The Balaban J connectivity index is 1.63. The van der Waals surface area contributed by atoms with E-state index in [0.717, 1.165) is 11.0 Å². The first-order valence-corrected chi connectivity index (χ1v) is 8.28. The molecule has 1 aliphatic carbocycles. The van der Waals surface area contributed by atoms with Crippen LogP contribution in [-0.4, -0.2) is 34.6 Å². The molecule has 1 saturated heterocycles. The van der Waals surface area contributed by atoms with Gasteiger partial charge in [-0.3, -0.25) is 34.9 Å². The third-order valence-electron chi connectivity index (χ3n) is 4.73. The minimum atomic E-state index is -1.08. The molecule has 1 aromatic carbocycles. The number of benzene rings is 1. The minimum Gasteiger partial charge on any atom is -0.274 e. The van der Waals surface area contributed by atoms with E-state index in [2.05, 4.69) is 10.9 Å². The average molecular weight is 359 g/mol. The third kappa shape index (κ3) is 3.10. The molecule has 2 N–H and O–H groups in total. The summed E-state index contributed by atoms with van der Waals surface area (Å²) in [4.78, 5) is 50.1. The fraction of sp³-hybridized carbons (Fsp3) is 0.333. The first-order valence-electron chi connectivity index (χ1n) is 8.28. The van der Waals surface area contributed by atoms with Crippen molar-refractivity contribution in [1.29, 1.82) is 0 Å². The lowest BCUT2D eigenvalue weighted by Crippen LogP contribution is -2.53. The van der Waals surface area contributed by atoms with Crippen LogP contribution in [0.2, 0.25) is 0 Å². The number of carbonyl (C=O) groups excluding carboxylic acids is 4. The largest absolute Gasteiger partial charge is 0.274 e. The predicted molar refractivity (Wildman–Crippen MR) is 88.7 cm³/mol. The van der Waals surface area contributed by atoms with Gasteiger partial charge in [0.2, 0.25) is 11.8 Å². The smallest absolute Gasteiger partial charge is 0.272 e. The van der Waals surface area contributed by atoms with Gasteiger partial charge in [-0.05, 0) is 31.9 Å². The number of imide groups is 1. The Hall–Kier alpha value is -3.03. The summed E-state index contributed by atoms with van der Waals surface area (Å²) in [6.07, 6.45) is 4.67. The summed E-state index contributed by atoms with van der Waals surface area (Å²) >= 11 is 0. The van der Waals surface area contributed by atoms with E-state index < -0.39 is 35.5 Å². The molecule has 0 aromatic heterocycles. The zero-order valence-corrected chi connectivity index (χ0v) is 14.1. The van der Waals surface area contributed by atoms with Gasteiger partial charge in [-0.15, -0.1) is 0 Å². The number of amides is 4. The second-order valence-electron chi connectivity index (χ2n) is 6.30. The van der Waals surface area contributed by atoms with Crippen molar-refractivity contribution in [3.8, 4) is 0 Å². The maximum Gasteiger partial charge on any atom is 0.272 e. The topological polar surface area (TPSA) is 95.6 Å². The second-order valence-corrected chi connectivity index (χ2v) is 6.30. The van der Waals surface area contributed by atoms with Crippen molar-refractivity contribution in [3.63, 3.8) is 0 Å². The highest BCUT2D eigenvalue weighted by atomic mass is 19.1. The Morgan fingerprint density at radius 1 is 1.08 bits per heavy atom. The molecule has 2 aliphatic rings.